The number of carbonyl (C=O) groups excluding carboxylic acids is 1. The predicted octanol–water partition coefficient (Wildman–Crippen LogP) is 3.59. The Morgan fingerprint density at radius 3 is 2.67 bits per heavy atom. The van der Waals surface area contributed by atoms with E-state index in [-0.39, 0.29) is 5.91 Å². The monoisotopic (exact) mass is 365 g/mol. The first-order valence-corrected chi connectivity index (χ1v) is 7.83. The van der Waals surface area contributed by atoms with Crippen molar-refractivity contribution in [3.8, 4) is 5.75 Å². The number of hydrogen-bond acceptors (Lipinski definition) is 4. The number of anilines is 1. The van der Waals surface area contributed by atoms with Crippen LogP contribution in [-0.2, 0) is 4.79 Å². The number of nitrogens with one attached hydrogen (secondary N) is 1. The molecule has 0 radical (unpaired) electrons. The molecule has 21 heavy (non-hydrogen) atoms. The number of fused-ring (bicyclic) bond motifs is 1. The summed E-state index contributed by atoms with van der Waals surface area (Å²) >= 11 is 5.05. The fourth-order valence-electron chi connectivity index (χ4n) is 2.09. The number of rotatable bonds is 3. The van der Waals surface area contributed by atoms with Crippen molar-refractivity contribution in [1.82, 2.24) is 0 Å². The molecule has 0 aromatic heterocycles. The smallest absolute Gasteiger partial charge is 0.257 e. The molecule has 0 saturated carbocycles. The van der Waals surface area contributed by atoms with Crippen LogP contribution in [-0.4, -0.2) is 18.1 Å². The first-order valence-electron chi connectivity index (χ1n) is 6.23. The number of benzene rings is 2. The van der Waals surface area contributed by atoms with Gasteiger partial charge in [0.15, 0.2) is 6.10 Å². The van der Waals surface area contributed by atoms with Crippen LogP contribution >= 0.6 is 27.7 Å². The van der Waals surface area contributed by atoms with Crippen LogP contribution in [0.5, 0.6) is 5.75 Å². The number of aliphatic hydroxyl groups excluding tert-OH is 1. The largest absolute Gasteiger partial charge is 0.497 e. The number of hydrogen-bond donors (Lipinski definition) is 2. The van der Waals surface area contributed by atoms with Crippen molar-refractivity contribution >= 4 is 39.3 Å². The van der Waals surface area contributed by atoms with Gasteiger partial charge in [-0.05, 0) is 52.3 Å². The van der Waals surface area contributed by atoms with E-state index in [2.05, 4.69) is 21.2 Å². The summed E-state index contributed by atoms with van der Waals surface area (Å²) in [6, 6.07) is 11.4. The minimum Gasteiger partial charge on any atom is -0.497 e. The van der Waals surface area contributed by atoms with Gasteiger partial charge in [0.05, 0.1) is 7.11 Å². The third kappa shape index (κ3) is 2.79. The molecule has 1 aliphatic heterocycles. The van der Waals surface area contributed by atoms with Gasteiger partial charge >= 0.3 is 0 Å². The summed E-state index contributed by atoms with van der Waals surface area (Å²) in [5.41, 5.74) is 1.26. The van der Waals surface area contributed by atoms with Crippen LogP contribution in [0.1, 0.15) is 11.7 Å². The maximum absolute atomic E-state index is 11.5. The molecule has 1 unspecified atom stereocenters. The van der Waals surface area contributed by atoms with Gasteiger partial charge in [-0.25, -0.2) is 0 Å². The Kier molecular flexibility index (Phi) is 3.93. The molecular formula is C15H12BrNO3S. The van der Waals surface area contributed by atoms with E-state index in [1.807, 2.05) is 30.3 Å². The maximum Gasteiger partial charge on any atom is 0.257 e. The lowest BCUT2D eigenvalue weighted by Gasteiger charge is -2.09. The van der Waals surface area contributed by atoms with Crippen molar-refractivity contribution < 1.29 is 14.6 Å². The van der Waals surface area contributed by atoms with Gasteiger partial charge in [0.1, 0.15) is 5.75 Å². The maximum atomic E-state index is 11.5. The van der Waals surface area contributed by atoms with Crippen molar-refractivity contribution in [2.45, 2.75) is 15.9 Å². The van der Waals surface area contributed by atoms with Crippen LogP contribution in [0.25, 0.3) is 0 Å². The van der Waals surface area contributed by atoms with E-state index < -0.39 is 6.10 Å². The third-order valence-electron chi connectivity index (χ3n) is 3.19. The molecule has 108 valence electrons. The van der Waals surface area contributed by atoms with Crippen molar-refractivity contribution in [3.05, 3.63) is 46.4 Å². The second-order valence-electron chi connectivity index (χ2n) is 4.54. The number of halogens is 1. The lowest BCUT2D eigenvalue weighted by molar-refractivity contribution is -0.123. The first kappa shape index (κ1) is 14.4. The molecule has 1 atom stereocenters. The van der Waals surface area contributed by atoms with Crippen LogP contribution in [0.4, 0.5) is 5.69 Å². The Bertz CT molecular complexity index is 703. The predicted molar refractivity (Wildman–Crippen MR) is 84.8 cm³/mol. The van der Waals surface area contributed by atoms with Crippen molar-refractivity contribution in [1.29, 1.82) is 0 Å². The van der Waals surface area contributed by atoms with Crippen molar-refractivity contribution in [3.63, 3.8) is 0 Å². The molecule has 1 amide bonds. The highest BCUT2D eigenvalue weighted by Gasteiger charge is 2.29. The highest BCUT2D eigenvalue weighted by molar-refractivity contribution is 9.10. The highest BCUT2D eigenvalue weighted by atomic mass is 79.9. The molecule has 1 aliphatic rings. The number of ether oxygens (including phenoxy) is 1. The van der Waals surface area contributed by atoms with Crippen LogP contribution in [0.3, 0.4) is 0 Å². The molecule has 4 nitrogen and oxygen atoms in total. The summed E-state index contributed by atoms with van der Waals surface area (Å²) < 4.78 is 5.98. The molecule has 3 rings (SSSR count). The van der Waals surface area contributed by atoms with Crippen LogP contribution in [0.15, 0.2) is 50.7 Å². The fourth-order valence-corrected chi connectivity index (χ4v) is 3.56. The lowest BCUT2D eigenvalue weighted by atomic mass is 10.1. The molecular weight excluding hydrogens is 354 g/mol. The van der Waals surface area contributed by atoms with E-state index in [1.165, 1.54) is 0 Å². The van der Waals surface area contributed by atoms with Gasteiger partial charge in [-0.15, -0.1) is 0 Å². The Morgan fingerprint density at radius 1 is 1.29 bits per heavy atom. The molecule has 6 heteroatoms. The second kappa shape index (κ2) is 5.71. The van der Waals surface area contributed by atoms with Crippen LogP contribution in [0.2, 0.25) is 0 Å². The van der Waals surface area contributed by atoms with Gasteiger partial charge in [0.2, 0.25) is 0 Å². The first-order chi connectivity index (χ1) is 10.1. The molecule has 0 aliphatic carbocycles. The van der Waals surface area contributed by atoms with Gasteiger partial charge in [-0.2, -0.15) is 0 Å². The molecule has 0 bridgehead atoms. The Balaban J connectivity index is 1.89. The Labute approximate surface area is 134 Å². The number of methoxy groups -OCH3 is 1. The fraction of sp³-hybridized carbons (Fsp3) is 0.133. The molecule has 2 N–H and O–H groups in total. The van der Waals surface area contributed by atoms with Crippen LogP contribution in [0, 0.1) is 0 Å². The van der Waals surface area contributed by atoms with E-state index >= 15 is 0 Å². The number of amides is 1. The zero-order chi connectivity index (χ0) is 15.0. The van der Waals surface area contributed by atoms with E-state index in [0.29, 0.717) is 11.3 Å². The molecule has 2 aromatic rings. The molecule has 2 aromatic carbocycles. The summed E-state index contributed by atoms with van der Waals surface area (Å²) in [6.07, 6.45) is -1.09. The SMILES string of the molecule is COc1ccc(Sc2cc3c(cc2Br)C(O)C(=O)N3)cc1. The summed E-state index contributed by atoms with van der Waals surface area (Å²) in [7, 11) is 1.63. The number of aliphatic hydroxyl groups is 1. The summed E-state index contributed by atoms with van der Waals surface area (Å²) in [5.74, 6) is 0.422. The zero-order valence-electron chi connectivity index (χ0n) is 11.1. The zero-order valence-corrected chi connectivity index (χ0v) is 13.5. The minimum absolute atomic E-state index is 0.386. The topological polar surface area (TPSA) is 58.6 Å². The number of carbonyl (C=O) groups is 1. The van der Waals surface area contributed by atoms with Crippen molar-refractivity contribution in [2.24, 2.45) is 0 Å². The third-order valence-corrected chi connectivity index (χ3v) is 5.18. The Morgan fingerprint density at radius 2 is 2.00 bits per heavy atom. The van der Waals surface area contributed by atoms with Gasteiger partial charge in [0, 0.05) is 25.5 Å². The average Bonchev–Trinajstić information content (AvgIpc) is 2.75. The normalized spacial score (nSPS) is 16.5. The van der Waals surface area contributed by atoms with Gasteiger partial charge in [-0.3, -0.25) is 4.79 Å². The summed E-state index contributed by atoms with van der Waals surface area (Å²) in [4.78, 5) is 13.5. The second-order valence-corrected chi connectivity index (χ2v) is 6.51. The Hall–Kier alpha value is -1.50. The minimum atomic E-state index is -1.09. The van der Waals surface area contributed by atoms with Gasteiger partial charge < -0.3 is 15.2 Å². The standard InChI is InChI=1S/C15H12BrNO3S/c1-20-8-2-4-9(5-3-8)21-13-7-12-10(6-11(13)16)14(18)15(19)17-12/h2-7,14,18H,1H3,(H,17,19). The van der Waals surface area contributed by atoms with Crippen LogP contribution < -0.4 is 10.1 Å². The van der Waals surface area contributed by atoms with E-state index in [9.17, 15) is 9.90 Å². The average molecular weight is 366 g/mol. The van der Waals surface area contributed by atoms with Gasteiger partial charge in [0.25, 0.3) is 5.91 Å². The molecule has 0 fully saturated rings. The molecule has 0 spiro atoms. The van der Waals surface area contributed by atoms with E-state index in [1.54, 1.807) is 24.9 Å². The van der Waals surface area contributed by atoms with E-state index in [4.69, 9.17) is 4.74 Å². The van der Waals surface area contributed by atoms with Gasteiger partial charge in [-0.1, -0.05) is 11.8 Å². The summed E-state index contributed by atoms with van der Waals surface area (Å²) in [6.45, 7) is 0. The summed E-state index contributed by atoms with van der Waals surface area (Å²) in [5, 5.41) is 12.4. The van der Waals surface area contributed by atoms with E-state index in [0.717, 1.165) is 20.0 Å². The molecule has 1 heterocycles. The lowest BCUT2D eigenvalue weighted by Crippen LogP contribution is -2.10. The molecule has 0 saturated heterocycles. The highest BCUT2D eigenvalue weighted by Crippen LogP contribution is 2.41. The quantitative estimate of drug-likeness (QED) is 0.872. The van der Waals surface area contributed by atoms with Crippen molar-refractivity contribution in [2.75, 3.05) is 12.4 Å².